The first-order valence-corrected chi connectivity index (χ1v) is 7.54. The fraction of sp³-hybridized carbons (Fsp3) is 0.529. The second kappa shape index (κ2) is 5.87. The predicted octanol–water partition coefficient (Wildman–Crippen LogP) is 2.14. The van der Waals surface area contributed by atoms with E-state index in [4.69, 9.17) is 4.74 Å². The Morgan fingerprint density at radius 1 is 1.48 bits per heavy atom. The van der Waals surface area contributed by atoms with Gasteiger partial charge in [0.2, 0.25) is 5.91 Å². The minimum atomic E-state index is -0.418. The van der Waals surface area contributed by atoms with Crippen LogP contribution in [-0.4, -0.2) is 25.2 Å². The van der Waals surface area contributed by atoms with Crippen molar-refractivity contribution in [1.82, 2.24) is 5.32 Å². The summed E-state index contributed by atoms with van der Waals surface area (Å²) in [5, 5.41) is 12.2. The molecule has 0 unspecified atom stereocenters. The van der Waals surface area contributed by atoms with E-state index < -0.39 is 6.04 Å². The maximum absolute atomic E-state index is 12.3. The van der Waals surface area contributed by atoms with Gasteiger partial charge in [-0.15, -0.1) is 0 Å². The van der Waals surface area contributed by atoms with Gasteiger partial charge in [-0.2, -0.15) is 5.26 Å². The number of carbonyl (C=O) groups is 1. The molecule has 1 saturated carbocycles. The van der Waals surface area contributed by atoms with Crippen molar-refractivity contribution in [2.45, 2.75) is 31.7 Å². The molecule has 0 bridgehead atoms. The average Bonchev–Trinajstić information content (AvgIpc) is 3.10. The second-order valence-electron chi connectivity index (χ2n) is 6.04. The van der Waals surface area contributed by atoms with Crippen LogP contribution in [0.2, 0.25) is 0 Å². The van der Waals surface area contributed by atoms with Gasteiger partial charge in [0.1, 0.15) is 6.04 Å². The number of rotatable bonds is 4. The number of nitriles is 1. The quantitative estimate of drug-likeness (QED) is 0.921. The maximum atomic E-state index is 12.3. The summed E-state index contributed by atoms with van der Waals surface area (Å²) in [6.45, 7) is 3.34. The molecule has 0 aromatic heterocycles. The molecule has 1 amide bonds. The van der Waals surface area contributed by atoms with Gasteiger partial charge in [-0.1, -0.05) is 24.3 Å². The summed E-state index contributed by atoms with van der Waals surface area (Å²) in [5.74, 6) is 0.478. The van der Waals surface area contributed by atoms with Crippen LogP contribution in [0.25, 0.3) is 0 Å². The molecule has 4 atom stereocenters. The number of aryl methyl sites for hydroxylation is 1. The Labute approximate surface area is 125 Å². The van der Waals surface area contributed by atoms with E-state index in [0.717, 1.165) is 12.8 Å². The fourth-order valence-corrected chi connectivity index (χ4v) is 3.16. The maximum Gasteiger partial charge on any atom is 0.224 e. The van der Waals surface area contributed by atoms with Crippen LogP contribution in [-0.2, 0) is 9.53 Å². The van der Waals surface area contributed by atoms with Crippen molar-refractivity contribution in [2.75, 3.05) is 13.2 Å². The Kier molecular flexibility index (Phi) is 3.94. The topological polar surface area (TPSA) is 62.1 Å². The standard InChI is InChI=1S/C17H20N2O2/c1-11-4-2-3-5-13(11)14-8-15(14)17(20)19-16(9-18)12-6-7-21-10-12/h2-5,12,14-16H,6-8,10H2,1H3,(H,19,20)/t12-,14-,15-,16-/m0/s1. The molecule has 1 saturated heterocycles. The molecule has 1 aromatic rings. The largest absolute Gasteiger partial charge is 0.381 e. The monoisotopic (exact) mass is 284 g/mol. The van der Waals surface area contributed by atoms with Crippen LogP contribution in [0.3, 0.4) is 0 Å². The van der Waals surface area contributed by atoms with Crippen LogP contribution >= 0.6 is 0 Å². The summed E-state index contributed by atoms with van der Waals surface area (Å²) in [4.78, 5) is 12.3. The molecule has 1 aliphatic heterocycles. The molecule has 1 N–H and O–H groups in total. The van der Waals surface area contributed by atoms with Gasteiger partial charge in [-0.3, -0.25) is 4.79 Å². The zero-order valence-electron chi connectivity index (χ0n) is 12.2. The normalized spacial score (nSPS) is 28.7. The summed E-state index contributed by atoms with van der Waals surface area (Å²) in [6, 6.07) is 10.0. The third-order valence-electron chi connectivity index (χ3n) is 4.59. The highest BCUT2D eigenvalue weighted by Gasteiger charge is 2.45. The number of benzene rings is 1. The Morgan fingerprint density at radius 3 is 2.95 bits per heavy atom. The molecule has 4 nitrogen and oxygen atoms in total. The summed E-state index contributed by atoms with van der Waals surface area (Å²) in [6.07, 6.45) is 1.74. The lowest BCUT2D eigenvalue weighted by Crippen LogP contribution is -2.40. The molecule has 1 aliphatic carbocycles. The zero-order chi connectivity index (χ0) is 14.8. The molecule has 0 radical (unpaired) electrons. The molecular formula is C17H20N2O2. The Morgan fingerprint density at radius 2 is 2.29 bits per heavy atom. The highest BCUT2D eigenvalue weighted by Crippen LogP contribution is 2.48. The van der Waals surface area contributed by atoms with Crippen molar-refractivity contribution < 1.29 is 9.53 Å². The fourth-order valence-electron chi connectivity index (χ4n) is 3.16. The van der Waals surface area contributed by atoms with Gasteiger partial charge in [0.25, 0.3) is 0 Å². The van der Waals surface area contributed by atoms with Crippen LogP contribution in [0.4, 0.5) is 0 Å². The molecular weight excluding hydrogens is 264 g/mol. The van der Waals surface area contributed by atoms with Crippen molar-refractivity contribution in [3.05, 3.63) is 35.4 Å². The highest BCUT2D eigenvalue weighted by molar-refractivity contribution is 5.83. The van der Waals surface area contributed by atoms with Crippen molar-refractivity contribution in [3.8, 4) is 6.07 Å². The van der Waals surface area contributed by atoms with Crippen LogP contribution in [0.1, 0.15) is 29.9 Å². The lowest BCUT2D eigenvalue weighted by atomic mass is 9.99. The predicted molar refractivity (Wildman–Crippen MR) is 78.5 cm³/mol. The summed E-state index contributed by atoms with van der Waals surface area (Å²) in [7, 11) is 0. The highest BCUT2D eigenvalue weighted by atomic mass is 16.5. The third-order valence-corrected chi connectivity index (χ3v) is 4.59. The Bertz CT molecular complexity index is 572. The van der Waals surface area contributed by atoms with Gasteiger partial charge in [0.15, 0.2) is 0 Å². The van der Waals surface area contributed by atoms with E-state index in [1.54, 1.807) is 0 Å². The minimum absolute atomic E-state index is 0.0155. The molecule has 21 heavy (non-hydrogen) atoms. The summed E-state index contributed by atoms with van der Waals surface area (Å²) >= 11 is 0. The van der Waals surface area contributed by atoms with Crippen LogP contribution in [0.5, 0.6) is 0 Å². The number of hydrogen-bond donors (Lipinski definition) is 1. The van der Waals surface area contributed by atoms with Crippen molar-refractivity contribution in [1.29, 1.82) is 5.26 Å². The van der Waals surface area contributed by atoms with E-state index in [0.29, 0.717) is 19.1 Å². The SMILES string of the molecule is Cc1ccccc1[C@@H]1C[C@@H]1C(=O)N[C@@H](C#N)[C@H]1CCOC1. The first-order valence-electron chi connectivity index (χ1n) is 7.54. The van der Waals surface area contributed by atoms with Gasteiger partial charge in [0.05, 0.1) is 12.7 Å². The average molecular weight is 284 g/mol. The summed E-state index contributed by atoms with van der Waals surface area (Å²) < 4.78 is 5.30. The van der Waals surface area contributed by atoms with E-state index in [-0.39, 0.29) is 17.7 Å². The van der Waals surface area contributed by atoms with Gasteiger partial charge in [-0.05, 0) is 36.8 Å². The van der Waals surface area contributed by atoms with Gasteiger partial charge in [0, 0.05) is 18.4 Å². The molecule has 0 spiro atoms. The number of carbonyl (C=O) groups excluding carboxylic acids is 1. The number of nitrogens with zero attached hydrogens (tertiary/aromatic N) is 1. The molecule has 2 aliphatic rings. The van der Waals surface area contributed by atoms with E-state index in [1.807, 2.05) is 12.1 Å². The Balaban J connectivity index is 1.60. The van der Waals surface area contributed by atoms with E-state index in [2.05, 4.69) is 30.4 Å². The van der Waals surface area contributed by atoms with Gasteiger partial charge in [-0.25, -0.2) is 0 Å². The molecule has 1 aromatic carbocycles. The number of ether oxygens (including phenoxy) is 1. The molecule has 3 rings (SSSR count). The van der Waals surface area contributed by atoms with Crippen LogP contribution in [0.15, 0.2) is 24.3 Å². The van der Waals surface area contributed by atoms with Gasteiger partial charge < -0.3 is 10.1 Å². The van der Waals surface area contributed by atoms with E-state index >= 15 is 0 Å². The van der Waals surface area contributed by atoms with Crippen LogP contribution < -0.4 is 5.32 Å². The molecule has 110 valence electrons. The van der Waals surface area contributed by atoms with Crippen LogP contribution in [0, 0.1) is 30.1 Å². The van der Waals surface area contributed by atoms with Gasteiger partial charge >= 0.3 is 0 Å². The number of hydrogen-bond acceptors (Lipinski definition) is 3. The lowest BCUT2D eigenvalue weighted by Gasteiger charge is -2.16. The van der Waals surface area contributed by atoms with Crippen molar-refractivity contribution in [2.24, 2.45) is 11.8 Å². The van der Waals surface area contributed by atoms with Crippen molar-refractivity contribution >= 4 is 5.91 Å². The first-order chi connectivity index (χ1) is 10.2. The smallest absolute Gasteiger partial charge is 0.224 e. The minimum Gasteiger partial charge on any atom is -0.381 e. The van der Waals surface area contributed by atoms with E-state index in [9.17, 15) is 10.1 Å². The lowest BCUT2D eigenvalue weighted by molar-refractivity contribution is -0.123. The molecule has 4 heteroatoms. The third kappa shape index (κ3) is 2.93. The molecule has 1 heterocycles. The van der Waals surface area contributed by atoms with E-state index in [1.165, 1.54) is 11.1 Å². The number of nitrogens with one attached hydrogen (secondary N) is 1. The zero-order valence-corrected chi connectivity index (χ0v) is 12.2. The summed E-state index contributed by atoms with van der Waals surface area (Å²) in [5.41, 5.74) is 2.49. The second-order valence-corrected chi connectivity index (χ2v) is 6.04. The Hall–Kier alpha value is -1.86. The molecule has 2 fully saturated rings. The van der Waals surface area contributed by atoms with Crippen molar-refractivity contribution in [3.63, 3.8) is 0 Å². The number of amides is 1. The first kappa shape index (κ1) is 14.1.